The summed E-state index contributed by atoms with van der Waals surface area (Å²) in [5, 5.41) is 0. The van der Waals surface area contributed by atoms with E-state index in [1.165, 1.54) is 57.4 Å². The Morgan fingerprint density at radius 2 is 1.56 bits per heavy atom. The van der Waals surface area contributed by atoms with E-state index in [4.69, 9.17) is 0 Å². The molecule has 0 spiro atoms. The summed E-state index contributed by atoms with van der Waals surface area (Å²) in [6.07, 6.45) is 16.6. The molecule has 0 aliphatic carbocycles. The third-order valence-corrected chi connectivity index (χ3v) is 2.71. The molecule has 0 aliphatic heterocycles. The van der Waals surface area contributed by atoms with Gasteiger partial charge in [-0.2, -0.15) is 0 Å². The molecule has 0 aliphatic rings. The summed E-state index contributed by atoms with van der Waals surface area (Å²) in [5.74, 6) is 0.0135. The average molecular weight is 222 g/mol. The first-order valence-electron chi connectivity index (χ1n) is 6.64. The van der Waals surface area contributed by atoms with Crippen molar-refractivity contribution in [3.05, 3.63) is 24.8 Å². The quantitative estimate of drug-likeness (QED) is 0.361. The second-order valence-electron chi connectivity index (χ2n) is 4.27. The van der Waals surface area contributed by atoms with E-state index in [-0.39, 0.29) is 5.78 Å². The van der Waals surface area contributed by atoms with Crippen LogP contribution in [-0.4, -0.2) is 5.78 Å². The molecule has 0 aromatic heterocycles. The first kappa shape index (κ1) is 15.2. The zero-order valence-corrected chi connectivity index (χ0v) is 10.7. The fourth-order valence-electron chi connectivity index (χ4n) is 1.66. The summed E-state index contributed by atoms with van der Waals surface area (Å²) in [7, 11) is 0. The summed E-state index contributed by atoms with van der Waals surface area (Å²) < 4.78 is 0. The smallest absolute Gasteiger partial charge is 0.177 e. The number of unbranched alkanes of at least 4 members (excludes halogenated alkanes) is 8. The van der Waals surface area contributed by atoms with Crippen LogP contribution in [0.4, 0.5) is 0 Å². The van der Waals surface area contributed by atoms with Crippen molar-refractivity contribution in [3.8, 4) is 0 Å². The third-order valence-electron chi connectivity index (χ3n) is 2.71. The van der Waals surface area contributed by atoms with Crippen LogP contribution in [0.3, 0.4) is 0 Å². The van der Waals surface area contributed by atoms with E-state index in [1.807, 2.05) is 6.08 Å². The molecular formula is C15H26O. The molecule has 92 valence electrons. The maximum Gasteiger partial charge on any atom is 0.177 e. The van der Waals surface area contributed by atoms with Crippen molar-refractivity contribution in [2.75, 3.05) is 0 Å². The third kappa shape index (κ3) is 11.2. The molecule has 0 saturated heterocycles. The predicted octanol–water partition coefficient (Wildman–Crippen LogP) is 4.83. The average Bonchev–Trinajstić information content (AvgIpc) is 2.31. The van der Waals surface area contributed by atoms with Gasteiger partial charge in [0.25, 0.3) is 0 Å². The Bertz CT molecular complexity index is 203. The van der Waals surface area contributed by atoms with Gasteiger partial charge in [-0.05, 0) is 25.0 Å². The number of carbonyl (C=O) groups is 1. The lowest BCUT2D eigenvalue weighted by Crippen LogP contribution is -1.83. The van der Waals surface area contributed by atoms with Gasteiger partial charge in [0.2, 0.25) is 0 Å². The molecule has 0 fully saturated rings. The number of allylic oxidation sites excluding steroid dienone is 3. The van der Waals surface area contributed by atoms with Gasteiger partial charge in [0, 0.05) is 0 Å². The Morgan fingerprint density at radius 3 is 2.12 bits per heavy atom. The van der Waals surface area contributed by atoms with Gasteiger partial charge in [-0.3, -0.25) is 4.79 Å². The van der Waals surface area contributed by atoms with Crippen LogP contribution in [0.2, 0.25) is 0 Å². The predicted molar refractivity (Wildman–Crippen MR) is 71.6 cm³/mol. The standard InChI is InChI=1S/C15H26O/c1-3-5-6-7-8-9-10-11-12-13-14-15(16)4-2/h4,13-14H,2-3,5-12H2,1H3. The van der Waals surface area contributed by atoms with Crippen LogP contribution in [0.15, 0.2) is 24.8 Å². The van der Waals surface area contributed by atoms with Crippen LogP contribution in [0.5, 0.6) is 0 Å². The van der Waals surface area contributed by atoms with Crippen LogP contribution in [0.25, 0.3) is 0 Å². The number of hydrogen-bond acceptors (Lipinski definition) is 1. The van der Waals surface area contributed by atoms with E-state index >= 15 is 0 Å². The monoisotopic (exact) mass is 222 g/mol. The number of rotatable bonds is 11. The van der Waals surface area contributed by atoms with Crippen LogP contribution in [0.1, 0.15) is 64.7 Å². The molecular weight excluding hydrogens is 196 g/mol. The number of carbonyl (C=O) groups excluding carboxylic acids is 1. The molecule has 0 N–H and O–H groups in total. The summed E-state index contributed by atoms with van der Waals surface area (Å²) in [6, 6.07) is 0. The molecule has 0 heterocycles. The fourth-order valence-corrected chi connectivity index (χ4v) is 1.66. The van der Waals surface area contributed by atoms with E-state index < -0.39 is 0 Å². The number of hydrogen-bond donors (Lipinski definition) is 0. The minimum absolute atomic E-state index is 0.0135. The second-order valence-corrected chi connectivity index (χ2v) is 4.27. The Labute approximate surface area is 101 Å². The van der Waals surface area contributed by atoms with Crippen LogP contribution >= 0.6 is 0 Å². The molecule has 16 heavy (non-hydrogen) atoms. The van der Waals surface area contributed by atoms with E-state index in [0.717, 1.165) is 6.42 Å². The Kier molecular flexibility index (Phi) is 11.6. The van der Waals surface area contributed by atoms with E-state index in [0.29, 0.717) is 0 Å². The van der Waals surface area contributed by atoms with Crippen molar-refractivity contribution in [3.63, 3.8) is 0 Å². The highest BCUT2D eigenvalue weighted by atomic mass is 16.1. The van der Waals surface area contributed by atoms with Crippen molar-refractivity contribution in [2.45, 2.75) is 64.7 Å². The van der Waals surface area contributed by atoms with Gasteiger partial charge in [-0.1, -0.05) is 64.5 Å². The first-order chi connectivity index (χ1) is 7.81. The van der Waals surface area contributed by atoms with Crippen LogP contribution in [-0.2, 0) is 4.79 Å². The molecule has 0 unspecified atom stereocenters. The lowest BCUT2D eigenvalue weighted by atomic mass is 10.1. The highest BCUT2D eigenvalue weighted by Gasteiger charge is 1.90. The van der Waals surface area contributed by atoms with Gasteiger partial charge >= 0.3 is 0 Å². The van der Waals surface area contributed by atoms with Gasteiger partial charge in [0.1, 0.15) is 0 Å². The fraction of sp³-hybridized carbons (Fsp3) is 0.667. The Balaban J connectivity index is 3.12. The maximum atomic E-state index is 10.8. The van der Waals surface area contributed by atoms with Crippen molar-refractivity contribution in [2.24, 2.45) is 0 Å². The van der Waals surface area contributed by atoms with Gasteiger partial charge in [0.05, 0.1) is 0 Å². The molecule has 0 radical (unpaired) electrons. The molecule has 0 bridgehead atoms. The van der Waals surface area contributed by atoms with E-state index in [9.17, 15) is 4.79 Å². The van der Waals surface area contributed by atoms with Crippen molar-refractivity contribution in [1.82, 2.24) is 0 Å². The normalized spacial score (nSPS) is 10.8. The molecule has 0 amide bonds. The van der Waals surface area contributed by atoms with Crippen LogP contribution < -0.4 is 0 Å². The van der Waals surface area contributed by atoms with Crippen molar-refractivity contribution in [1.29, 1.82) is 0 Å². The molecule has 0 saturated carbocycles. The van der Waals surface area contributed by atoms with Crippen LogP contribution in [0, 0.1) is 0 Å². The molecule has 0 aromatic rings. The summed E-state index contributed by atoms with van der Waals surface area (Å²) in [4.78, 5) is 10.8. The second kappa shape index (κ2) is 12.2. The van der Waals surface area contributed by atoms with Gasteiger partial charge in [-0.25, -0.2) is 0 Å². The van der Waals surface area contributed by atoms with Gasteiger partial charge < -0.3 is 0 Å². The zero-order chi connectivity index (χ0) is 12.1. The number of ketones is 1. The largest absolute Gasteiger partial charge is 0.290 e. The minimum atomic E-state index is 0.0135. The minimum Gasteiger partial charge on any atom is -0.290 e. The zero-order valence-electron chi connectivity index (χ0n) is 10.7. The maximum absolute atomic E-state index is 10.8. The van der Waals surface area contributed by atoms with E-state index in [1.54, 1.807) is 6.08 Å². The Morgan fingerprint density at radius 1 is 1.00 bits per heavy atom. The van der Waals surface area contributed by atoms with Crippen molar-refractivity contribution >= 4 is 5.78 Å². The van der Waals surface area contributed by atoms with Gasteiger partial charge in [-0.15, -0.1) is 0 Å². The summed E-state index contributed by atoms with van der Waals surface area (Å²) in [5.41, 5.74) is 0. The van der Waals surface area contributed by atoms with Gasteiger partial charge in [0.15, 0.2) is 5.78 Å². The van der Waals surface area contributed by atoms with Crippen molar-refractivity contribution < 1.29 is 4.79 Å². The lowest BCUT2D eigenvalue weighted by molar-refractivity contribution is -0.110. The van der Waals surface area contributed by atoms with E-state index in [2.05, 4.69) is 13.5 Å². The first-order valence-corrected chi connectivity index (χ1v) is 6.64. The SMILES string of the molecule is C=CC(=O)C=CCCCCCCCCCC. The summed E-state index contributed by atoms with van der Waals surface area (Å²) >= 11 is 0. The highest BCUT2D eigenvalue weighted by Crippen LogP contribution is 2.09. The Hall–Kier alpha value is -0.850. The molecule has 0 rings (SSSR count). The topological polar surface area (TPSA) is 17.1 Å². The molecule has 0 aromatic carbocycles. The molecule has 1 heteroatoms. The molecule has 1 nitrogen and oxygen atoms in total. The molecule has 0 atom stereocenters. The highest BCUT2D eigenvalue weighted by molar-refractivity contribution is 5.98. The summed E-state index contributed by atoms with van der Waals surface area (Å²) in [6.45, 7) is 5.67. The lowest BCUT2D eigenvalue weighted by Gasteiger charge is -1.99.